The summed E-state index contributed by atoms with van der Waals surface area (Å²) in [5.74, 6) is 1.98. The van der Waals surface area contributed by atoms with Crippen LogP contribution in [0.4, 0.5) is 0 Å². The Bertz CT molecular complexity index is 258. The van der Waals surface area contributed by atoms with Crippen molar-refractivity contribution in [2.24, 2.45) is 11.8 Å². The molecule has 0 saturated heterocycles. The van der Waals surface area contributed by atoms with Crippen LogP contribution in [0.1, 0.15) is 19.3 Å². The molecule has 1 fully saturated rings. The van der Waals surface area contributed by atoms with Crippen molar-refractivity contribution in [1.82, 2.24) is 0 Å². The van der Waals surface area contributed by atoms with Gasteiger partial charge in [-0.2, -0.15) is 0 Å². The minimum Gasteiger partial charge on any atom is -0.359 e. The molecule has 0 aromatic carbocycles. The molecule has 2 aliphatic heterocycles. The summed E-state index contributed by atoms with van der Waals surface area (Å²) in [5.41, 5.74) is 0. The Morgan fingerprint density at radius 1 is 0.714 bits per heavy atom. The lowest BCUT2D eigenvalue weighted by Crippen LogP contribution is -1.97. The summed E-state index contributed by atoms with van der Waals surface area (Å²) in [6.45, 7) is 0. The van der Waals surface area contributed by atoms with Gasteiger partial charge in [0.1, 0.15) is 0 Å². The summed E-state index contributed by atoms with van der Waals surface area (Å²) >= 11 is 0. The predicted octanol–water partition coefficient (Wildman–Crippen LogP) is 2.85. The largest absolute Gasteiger partial charge is 0.359 e. The summed E-state index contributed by atoms with van der Waals surface area (Å²) in [5, 5.41) is 0. The van der Waals surface area contributed by atoms with Crippen molar-refractivity contribution < 1.29 is 4.74 Å². The summed E-state index contributed by atoms with van der Waals surface area (Å²) in [6.07, 6.45) is 18.1. The maximum atomic E-state index is 5.25. The van der Waals surface area contributed by atoms with E-state index in [1.54, 1.807) is 0 Å². The van der Waals surface area contributed by atoms with Gasteiger partial charge in [0.25, 0.3) is 0 Å². The number of hydrogen-bond acceptors (Lipinski definition) is 1. The fraction of sp³-hybridized carbons (Fsp3) is 0.538. The molecule has 2 unspecified atom stereocenters. The maximum absolute atomic E-state index is 5.25. The van der Waals surface area contributed by atoms with Crippen LogP contribution in [0.3, 0.4) is 0 Å². The predicted molar refractivity (Wildman–Crippen MR) is 56.9 cm³/mol. The van der Waals surface area contributed by atoms with Crippen LogP contribution in [0.2, 0.25) is 0 Å². The van der Waals surface area contributed by atoms with Crippen LogP contribution in [-0.2, 0) is 4.74 Å². The van der Waals surface area contributed by atoms with Crippen LogP contribution < -0.4 is 0 Å². The monoisotopic (exact) mass is 188 g/mol. The first-order valence-electron chi connectivity index (χ1n) is 5.60. The number of ether oxygens (including phenoxy) is 1. The Morgan fingerprint density at radius 2 is 1.21 bits per heavy atom. The van der Waals surface area contributed by atoms with Crippen molar-refractivity contribution in [2.75, 3.05) is 0 Å². The van der Waals surface area contributed by atoms with E-state index in [-0.39, 0.29) is 0 Å². The minimum absolute atomic E-state index is 0.310. The minimum atomic E-state index is 0.310. The molecular weight excluding hydrogens is 172 g/mol. The third-order valence-corrected chi connectivity index (χ3v) is 3.46. The molecule has 0 aromatic rings. The zero-order valence-electron chi connectivity index (χ0n) is 8.30. The third kappa shape index (κ3) is 1.57. The summed E-state index contributed by atoms with van der Waals surface area (Å²) in [4.78, 5) is 0. The molecule has 4 bridgehead atoms. The molecule has 4 aliphatic rings. The molecule has 0 spiro atoms. The molecule has 0 N–H and O–H groups in total. The van der Waals surface area contributed by atoms with Gasteiger partial charge in [-0.3, -0.25) is 0 Å². The number of fused-ring (bicyclic) bond motifs is 4. The van der Waals surface area contributed by atoms with Crippen LogP contribution in [0, 0.1) is 11.8 Å². The Balaban J connectivity index is 0.0000000914. The van der Waals surface area contributed by atoms with E-state index in [0.29, 0.717) is 12.2 Å². The summed E-state index contributed by atoms with van der Waals surface area (Å²) in [7, 11) is 0. The van der Waals surface area contributed by atoms with E-state index < -0.39 is 0 Å². The molecule has 2 aliphatic carbocycles. The summed E-state index contributed by atoms with van der Waals surface area (Å²) in [6, 6.07) is 0. The smallest absolute Gasteiger partial charge is 0.0952 e. The number of hydrogen-bond donors (Lipinski definition) is 0. The molecule has 74 valence electrons. The summed E-state index contributed by atoms with van der Waals surface area (Å²) < 4.78 is 5.25. The lowest BCUT2D eigenvalue weighted by atomic mass is 10.1. The molecule has 2 heterocycles. The third-order valence-electron chi connectivity index (χ3n) is 3.46. The van der Waals surface area contributed by atoms with Crippen LogP contribution >= 0.6 is 0 Å². The van der Waals surface area contributed by atoms with Gasteiger partial charge in [0.15, 0.2) is 0 Å². The topological polar surface area (TPSA) is 9.23 Å². The fourth-order valence-electron chi connectivity index (χ4n) is 2.65. The first kappa shape index (κ1) is 8.49. The normalized spacial score (nSPS) is 44.6. The highest BCUT2D eigenvalue weighted by atomic mass is 16.5. The molecule has 0 aromatic heterocycles. The van der Waals surface area contributed by atoms with Gasteiger partial charge in [0.05, 0.1) is 12.2 Å². The molecule has 1 heteroatoms. The molecule has 14 heavy (non-hydrogen) atoms. The first-order valence-corrected chi connectivity index (χ1v) is 5.60. The van der Waals surface area contributed by atoms with Crippen molar-refractivity contribution in [1.29, 1.82) is 0 Å². The van der Waals surface area contributed by atoms with E-state index in [4.69, 9.17) is 4.74 Å². The molecule has 4 rings (SSSR count). The molecule has 2 atom stereocenters. The Hall–Kier alpha value is -0.820. The van der Waals surface area contributed by atoms with Gasteiger partial charge in [-0.05, 0) is 31.1 Å². The van der Waals surface area contributed by atoms with E-state index in [1.807, 2.05) is 0 Å². The van der Waals surface area contributed by atoms with Crippen molar-refractivity contribution in [3.63, 3.8) is 0 Å². The highest BCUT2D eigenvalue weighted by molar-refractivity contribution is 5.22. The van der Waals surface area contributed by atoms with E-state index in [2.05, 4.69) is 36.5 Å². The fourth-order valence-corrected chi connectivity index (χ4v) is 2.65. The van der Waals surface area contributed by atoms with Crippen LogP contribution in [0.25, 0.3) is 0 Å². The second kappa shape index (κ2) is 3.39. The van der Waals surface area contributed by atoms with Gasteiger partial charge >= 0.3 is 0 Å². The molecule has 1 nitrogen and oxygen atoms in total. The van der Waals surface area contributed by atoms with E-state index in [0.717, 1.165) is 11.8 Å². The zero-order chi connectivity index (χ0) is 9.38. The zero-order valence-corrected chi connectivity index (χ0v) is 8.30. The highest BCUT2D eigenvalue weighted by Crippen LogP contribution is 2.38. The standard InChI is InChI=1S/C7H10.C6H6O/c1-2-7-4-3-6(1)5-7;1-2-6-4-3-5(1)7-6/h1-2,6-7H,3-5H2;1-6H. The average Bonchev–Trinajstić information content (AvgIpc) is 3.01. The second-order valence-electron chi connectivity index (χ2n) is 4.55. The number of allylic oxidation sites excluding steroid dienone is 2. The molecule has 0 radical (unpaired) electrons. The van der Waals surface area contributed by atoms with Gasteiger partial charge in [-0.15, -0.1) is 0 Å². The Kier molecular flexibility index (Phi) is 2.06. The van der Waals surface area contributed by atoms with Gasteiger partial charge in [0.2, 0.25) is 0 Å². The van der Waals surface area contributed by atoms with Crippen molar-refractivity contribution in [2.45, 2.75) is 31.5 Å². The number of rotatable bonds is 0. The van der Waals surface area contributed by atoms with Crippen LogP contribution in [0.5, 0.6) is 0 Å². The first-order chi connectivity index (χ1) is 6.90. The molecule has 0 amide bonds. The van der Waals surface area contributed by atoms with Crippen molar-refractivity contribution in [3.05, 3.63) is 36.5 Å². The van der Waals surface area contributed by atoms with Gasteiger partial charge in [-0.1, -0.05) is 36.5 Å². The Labute approximate surface area is 85.1 Å². The van der Waals surface area contributed by atoms with Crippen LogP contribution in [0.15, 0.2) is 36.5 Å². The van der Waals surface area contributed by atoms with Crippen LogP contribution in [-0.4, -0.2) is 12.2 Å². The highest BCUT2D eigenvalue weighted by Gasteiger charge is 2.25. The van der Waals surface area contributed by atoms with E-state index >= 15 is 0 Å². The lowest BCUT2D eigenvalue weighted by molar-refractivity contribution is 0.136. The SMILES string of the molecule is C1=CC2C=CC1O2.C1=CC2CCC1C2. The quantitative estimate of drug-likeness (QED) is 0.531. The van der Waals surface area contributed by atoms with Crippen molar-refractivity contribution in [3.8, 4) is 0 Å². The van der Waals surface area contributed by atoms with Gasteiger partial charge < -0.3 is 4.74 Å². The average molecular weight is 188 g/mol. The second-order valence-corrected chi connectivity index (χ2v) is 4.55. The van der Waals surface area contributed by atoms with Crippen molar-refractivity contribution >= 4 is 0 Å². The molecule has 1 saturated carbocycles. The molecular formula is C13H16O. The lowest BCUT2D eigenvalue weighted by Gasteiger charge is -1.96. The van der Waals surface area contributed by atoms with Gasteiger partial charge in [-0.25, -0.2) is 0 Å². The Morgan fingerprint density at radius 3 is 1.36 bits per heavy atom. The van der Waals surface area contributed by atoms with Gasteiger partial charge in [0, 0.05) is 0 Å². The van der Waals surface area contributed by atoms with E-state index in [9.17, 15) is 0 Å². The van der Waals surface area contributed by atoms with E-state index in [1.165, 1.54) is 19.3 Å². The maximum Gasteiger partial charge on any atom is 0.0952 e.